The van der Waals surface area contributed by atoms with Crippen LogP contribution in [0.25, 0.3) is 0 Å². The lowest BCUT2D eigenvalue weighted by molar-refractivity contribution is 0.624. The van der Waals surface area contributed by atoms with E-state index in [2.05, 4.69) is 20.9 Å². The van der Waals surface area contributed by atoms with Crippen LogP contribution in [-0.4, -0.2) is 5.71 Å². The molecular formula is C6H9BrFN. The van der Waals surface area contributed by atoms with Crippen molar-refractivity contribution in [2.24, 2.45) is 4.99 Å². The highest BCUT2D eigenvalue weighted by atomic mass is 79.9. The molecule has 1 nitrogen and oxygen atoms in total. The number of aliphatic imine (C=N–C) groups is 1. The van der Waals surface area contributed by atoms with Crippen LogP contribution < -0.4 is 0 Å². The topological polar surface area (TPSA) is 12.4 Å². The molecule has 3 heteroatoms. The number of hydrogen-bond donors (Lipinski definition) is 0. The number of hydrogen-bond acceptors (Lipinski definition) is 1. The van der Waals surface area contributed by atoms with Crippen LogP contribution in [0, 0.1) is 0 Å². The van der Waals surface area contributed by atoms with Gasteiger partial charge in [-0.05, 0) is 20.8 Å². The van der Waals surface area contributed by atoms with Gasteiger partial charge in [-0.2, -0.15) is 4.39 Å². The molecule has 0 saturated heterocycles. The Kier molecular flexibility index (Phi) is 3.70. The summed E-state index contributed by atoms with van der Waals surface area (Å²) in [6, 6.07) is 0. The maximum atomic E-state index is 12.4. The third kappa shape index (κ3) is 4.33. The van der Waals surface area contributed by atoms with Crippen molar-refractivity contribution in [3.05, 3.63) is 10.4 Å². The molecule has 0 aliphatic carbocycles. The Morgan fingerprint density at radius 1 is 1.33 bits per heavy atom. The fourth-order valence-corrected chi connectivity index (χ4v) is 0.362. The lowest BCUT2D eigenvalue weighted by Crippen LogP contribution is -1.80. The second-order valence-electron chi connectivity index (χ2n) is 1.88. The first kappa shape index (κ1) is 8.82. The Labute approximate surface area is 62.8 Å². The lowest BCUT2D eigenvalue weighted by Gasteiger charge is -1.89. The van der Waals surface area contributed by atoms with Crippen molar-refractivity contribution in [3.63, 3.8) is 0 Å². The Morgan fingerprint density at radius 2 is 1.78 bits per heavy atom. The monoisotopic (exact) mass is 193 g/mol. The van der Waals surface area contributed by atoms with Crippen molar-refractivity contribution in [3.8, 4) is 0 Å². The lowest BCUT2D eigenvalue weighted by atomic mass is 10.5. The zero-order chi connectivity index (χ0) is 7.44. The van der Waals surface area contributed by atoms with Crippen LogP contribution in [0.1, 0.15) is 20.8 Å². The zero-order valence-corrected chi connectivity index (χ0v) is 7.29. The van der Waals surface area contributed by atoms with E-state index in [-0.39, 0.29) is 0 Å². The molecule has 0 aromatic heterocycles. The molecule has 52 valence electrons. The summed E-state index contributed by atoms with van der Waals surface area (Å²) in [5.41, 5.74) is 0.714. The van der Waals surface area contributed by atoms with Gasteiger partial charge in [0.1, 0.15) is 0 Å². The maximum absolute atomic E-state index is 12.4. The molecule has 0 radical (unpaired) electrons. The van der Waals surface area contributed by atoms with E-state index in [1.165, 1.54) is 0 Å². The van der Waals surface area contributed by atoms with Crippen LogP contribution in [0.15, 0.2) is 15.4 Å². The first-order valence-corrected chi connectivity index (χ1v) is 3.37. The van der Waals surface area contributed by atoms with E-state index in [9.17, 15) is 4.39 Å². The van der Waals surface area contributed by atoms with Gasteiger partial charge in [-0.1, -0.05) is 15.9 Å². The summed E-state index contributed by atoms with van der Waals surface area (Å²) in [7, 11) is 0. The molecule has 0 saturated carbocycles. The van der Waals surface area contributed by atoms with Gasteiger partial charge < -0.3 is 0 Å². The van der Waals surface area contributed by atoms with Gasteiger partial charge in [-0.3, -0.25) is 0 Å². The van der Waals surface area contributed by atoms with Crippen LogP contribution in [0.5, 0.6) is 0 Å². The van der Waals surface area contributed by atoms with E-state index < -0.39 is 5.95 Å². The van der Waals surface area contributed by atoms with Crippen molar-refractivity contribution < 1.29 is 4.39 Å². The quantitative estimate of drug-likeness (QED) is 0.449. The van der Waals surface area contributed by atoms with E-state index in [0.717, 1.165) is 0 Å². The van der Waals surface area contributed by atoms with Gasteiger partial charge in [0.15, 0.2) is 0 Å². The van der Waals surface area contributed by atoms with Gasteiger partial charge in [0, 0.05) is 10.2 Å². The van der Waals surface area contributed by atoms with Crippen molar-refractivity contribution >= 4 is 21.6 Å². The van der Waals surface area contributed by atoms with Crippen molar-refractivity contribution in [2.45, 2.75) is 20.8 Å². The van der Waals surface area contributed by atoms with Gasteiger partial charge in [0.2, 0.25) is 5.95 Å². The van der Waals surface area contributed by atoms with E-state index in [1.807, 2.05) is 0 Å². The Balaban J connectivity index is 4.25. The highest BCUT2D eigenvalue weighted by molar-refractivity contribution is 9.11. The fourth-order valence-electron chi connectivity index (χ4n) is 0.273. The average Bonchev–Trinajstić information content (AvgIpc) is 1.63. The molecule has 0 unspecified atom stereocenters. The smallest absolute Gasteiger partial charge is 0.222 e. The average molecular weight is 194 g/mol. The standard InChI is InChI=1S/C6H9BrFN/c1-4(2)9-6(8)5(3)7/h1-3H3/b6-5+. The molecular weight excluding hydrogens is 185 g/mol. The van der Waals surface area contributed by atoms with Crippen LogP contribution >= 0.6 is 15.9 Å². The molecule has 0 aromatic rings. The van der Waals surface area contributed by atoms with Crippen molar-refractivity contribution in [1.29, 1.82) is 0 Å². The first-order chi connectivity index (χ1) is 4.04. The predicted molar refractivity (Wildman–Crippen MR) is 41.5 cm³/mol. The SMILES string of the molecule is CC(C)=N/C(F)=C(\C)Br. The van der Waals surface area contributed by atoms with E-state index in [1.54, 1.807) is 20.8 Å². The van der Waals surface area contributed by atoms with Crippen LogP contribution in [0.4, 0.5) is 4.39 Å². The molecule has 0 heterocycles. The maximum Gasteiger partial charge on any atom is 0.222 e. The molecule has 0 aliphatic rings. The van der Waals surface area contributed by atoms with Gasteiger partial charge in [-0.15, -0.1) is 0 Å². The van der Waals surface area contributed by atoms with Gasteiger partial charge in [-0.25, -0.2) is 4.99 Å². The second kappa shape index (κ2) is 3.77. The van der Waals surface area contributed by atoms with Gasteiger partial charge in [0.25, 0.3) is 0 Å². The third-order valence-electron chi connectivity index (χ3n) is 0.606. The van der Waals surface area contributed by atoms with Crippen LogP contribution in [0.2, 0.25) is 0 Å². The number of rotatable bonds is 1. The molecule has 0 N–H and O–H groups in total. The summed E-state index contributed by atoms with van der Waals surface area (Å²) < 4.78 is 12.9. The number of halogens is 2. The summed E-state index contributed by atoms with van der Waals surface area (Å²) in [6.07, 6.45) is 0. The Bertz CT molecular complexity index is 152. The molecule has 9 heavy (non-hydrogen) atoms. The summed E-state index contributed by atoms with van der Waals surface area (Å²) in [4.78, 5) is 3.56. The summed E-state index contributed by atoms with van der Waals surface area (Å²) >= 11 is 2.97. The molecule has 0 aromatic carbocycles. The minimum atomic E-state index is -0.449. The predicted octanol–water partition coefficient (Wildman–Crippen LogP) is 3.02. The minimum Gasteiger partial charge on any atom is -0.229 e. The van der Waals surface area contributed by atoms with E-state index in [4.69, 9.17) is 0 Å². The summed E-state index contributed by atoms with van der Waals surface area (Å²) in [5, 5.41) is 0. The summed E-state index contributed by atoms with van der Waals surface area (Å²) in [5.74, 6) is -0.449. The van der Waals surface area contributed by atoms with Crippen molar-refractivity contribution in [2.75, 3.05) is 0 Å². The van der Waals surface area contributed by atoms with Crippen molar-refractivity contribution in [1.82, 2.24) is 0 Å². The molecule has 0 bridgehead atoms. The third-order valence-corrected chi connectivity index (χ3v) is 0.933. The van der Waals surface area contributed by atoms with Crippen LogP contribution in [0.3, 0.4) is 0 Å². The highest BCUT2D eigenvalue weighted by Gasteiger charge is 1.92. The molecule has 0 fully saturated rings. The fraction of sp³-hybridized carbons (Fsp3) is 0.500. The molecule has 0 aliphatic heterocycles. The minimum absolute atomic E-state index is 0.434. The first-order valence-electron chi connectivity index (χ1n) is 2.58. The van der Waals surface area contributed by atoms with Crippen LogP contribution in [-0.2, 0) is 0 Å². The normalized spacial score (nSPS) is 12.6. The Hall–Kier alpha value is -0.180. The van der Waals surface area contributed by atoms with E-state index in [0.29, 0.717) is 10.2 Å². The van der Waals surface area contributed by atoms with E-state index >= 15 is 0 Å². The number of allylic oxidation sites excluding steroid dienone is 1. The largest absolute Gasteiger partial charge is 0.229 e. The number of nitrogens with zero attached hydrogens (tertiary/aromatic N) is 1. The van der Waals surface area contributed by atoms with Gasteiger partial charge >= 0.3 is 0 Å². The Morgan fingerprint density at radius 3 is 1.89 bits per heavy atom. The summed E-state index contributed by atoms with van der Waals surface area (Å²) in [6.45, 7) is 5.10. The highest BCUT2D eigenvalue weighted by Crippen LogP contribution is 2.12. The second-order valence-corrected chi connectivity index (χ2v) is 3.07. The molecule has 0 amide bonds. The molecule has 0 spiro atoms. The van der Waals surface area contributed by atoms with Gasteiger partial charge in [0.05, 0.1) is 0 Å². The molecule has 0 rings (SSSR count). The molecule has 0 atom stereocenters. The zero-order valence-electron chi connectivity index (χ0n) is 5.70.